The number of phenols is 1. The zero-order chi connectivity index (χ0) is 13.8. The highest BCUT2D eigenvalue weighted by molar-refractivity contribution is 5.97. The molecule has 0 spiro atoms. The molecule has 104 valence electrons. The zero-order valence-electron chi connectivity index (χ0n) is 11.3. The van der Waals surface area contributed by atoms with Crippen molar-refractivity contribution in [2.45, 2.75) is 19.4 Å². The van der Waals surface area contributed by atoms with Crippen LogP contribution in [0.25, 0.3) is 0 Å². The van der Waals surface area contributed by atoms with Gasteiger partial charge in [0.25, 0.3) is 5.91 Å². The Morgan fingerprint density at radius 1 is 1.58 bits per heavy atom. The molecular formula is C14H20N2O3. The van der Waals surface area contributed by atoms with Gasteiger partial charge in [-0.15, -0.1) is 0 Å². The first-order chi connectivity index (χ1) is 9.17. The lowest BCUT2D eigenvalue weighted by Crippen LogP contribution is -2.41. The molecule has 5 nitrogen and oxygen atoms in total. The number of hydrogen-bond donors (Lipinski definition) is 2. The number of carbonyl (C=O) groups excluding carboxylic acids is 1. The van der Waals surface area contributed by atoms with Gasteiger partial charge in [-0.2, -0.15) is 0 Å². The summed E-state index contributed by atoms with van der Waals surface area (Å²) in [5.41, 5.74) is 0.299. The Labute approximate surface area is 113 Å². The molecule has 1 unspecified atom stereocenters. The van der Waals surface area contributed by atoms with E-state index in [9.17, 15) is 9.90 Å². The third-order valence-electron chi connectivity index (χ3n) is 3.51. The van der Waals surface area contributed by atoms with E-state index in [1.807, 2.05) is 6.92 Å². The van der Waals surface area contributed by atoms with Gasteiger partial charge < -0.3 is 20.1 Å². The van der Waals surface area contributed by atoms with Crippen molar-refractivity contribution < 1.29 is 14.6 Å². The van der Waals surface area contributed by atoms with E-state index in [0.29, 0.717) is 17.9 Å². The molecule has 1 aromatic carbocycles. The van der Waals surface area contributed by atoms with E-state index in [2.05, 4.69) is 5.32 Å². The largest absolute Gasteiger partial charge is 0.507 e. The summed E-state index contributed by atoms with van der Waals surface area (Å²) in [4.78, 5) is 14.3. The van der Waals surface area contributed by atoms with Crippen LogP contribution in [-0.2, 0) is 0 Å². The molecule has 1 fully saturated rings. The first-order valence-corrected chi connectivity index (χ1v) is 6.56. The summed E-state index contributed by atoms with van der Waals surface area (Å²) in [5.74, 6) is 0.421. The predicted molar refractivity (Wildman–Crippen MR) is 72.6 cm³/mol. The van der Waals surface area contributed by atoms with Crippen LogP contribution in [0.15, 0.2) is 18.2 Å². The van der Waals surface area contributed by atoms with Gasteiger partial charge >= 0.3 is 0 Å². The minimum absolute atomic E-state index is 0.00444. The van der Waals surface area contributed by atoms with Gasteiger partial charge in [0.2, 0.25) is 0 Å². The van der Waals surface area contributed by atoms with Crippen LogP contribution in [0.4, 0.5) is 0 Å². The summed E-state index contributed by atoms with van der Waals surface area (Å²) in [5, 5.41) is 13.1. The molecule has 0 saturated carbocycles. The minimum atomic E-state index is -0.146. The molecule has 1 heterocycles. The molecule has 0 aliphatic carbocycles. The Morgan fingerprint density at radius 2 is 2.37 bits per heavy atom. The van der Waals surface area contributed by atoms with Crippen LogP contribution in [0.1, 0.15) is 23.7 Å². The van der Waals surface area contributed by atoms with Gasteiger partial charge in [0.1, 0.15) is 11.5 Å². The van der Waals surface area contributed by atoms with Crippen molar-refractivity contribution in [3.05, 3.63) is 23.8 Å². The second-order valence-corrected chi connectivity index (χ2v) is 4.62. The minimum Gasteiger partial charge on any atom is -0.507 e. The lowest BCUT2D eigenvalue weighted by atomic mass is 10.1. The second kappa shape index (κ2) is 5.93. The van der Waals surface area contributed by atoms with Crippen molar-refractivity contribution in [3.8, 4) is 11.5 Å². The van der Waals surface area contributed by atoms with Gasteiger partial charge in [-0.25, -0.2) is 0 Å². The van der Waals surface area contributed by atoms with Crippen LogP contribution >= 0.6 is 0 Å². The van der Waals surface area contributed by atoms with E-state index in [1.54, 1.807) is 24.1 Å². The second-order valence-electron chi connectivity index (χ2n) is 4.62. The van der Waals surface area contributed by atoms with Crippen molar-refractivity contribution >= 4 is 5.91 Å². The van der Waals surface area contributed by atoms with Crippen molar-refractivity contribution in [1.29, 1.82) is 0 Å². The fraction of sp³-hybridized carbons (Fsp3) is 0.500. The van der Waals surface area contributed by atoms with E-state index in [1.165, 1.54) is 6.07 Å². The summed E-state index contributed by atoms with van der Waals surface area (Å²) < 4.78 is 5.10. The number of rotatable bonds is 4. The summed E-state index contributed by atoms with van der Waals surface area (Å²) >= 11 is 0. The van der Waals surface area contributed by atoms with Crippen molar-refractivity contribution in [2.75, 3.05) is 26.7 Å². The van der Waals surface area contributed by atoms with Gasteiger partial charge in [0.05, 0.1) is 12.7 Å². The Morgan fingerprint density at radius 3 is 2.95 bits per heavy atom. The van der Waals surface area contributed by atoms with Gasteiger partial charge in [0.15, 0.2) is 0 Å². The number of methoxy groups -OCH3 is 1. The van der Waals surface area contributed by atoms with E-state index in [-0.39, 0.29) is 17.7 Å². The SMILES string of the molecule is CCN(C(=O)c1cc(OC)ccc1O)C1CCNC1. The zero-order valence-corrected chi connectivity index (χ0v) is 11.3. The van der Waals surface area contributed by atoms with Crippen LogP contribution in [0.3, 0.4) is 0 Å². The summed E-state index contributed by atoms with van der Waals surface area (Å²) in [6.07, 6.45) is 0.949. The Balaban J connectivity index is 2.25. The first-order valence-electron chi connectivity index (χ1n) is 6.56. The molecule has 5 heteroatoms. The number of carbonyl (C=O) groups is 1. The molecule has 1 atom stereocenters. The number of phenolic OH excluding ortho intramolecular Hbond substituents is 1. The molecule has 19 heavy (non-hydrogen) atoms. The average Bonchev–Trinajstić information content (AvgIpc) is 2.94. The Hall–Kier alpha value is -1.75. The monoisotopic (exact) mass is 264 g/mol. The number of aromatic hydroxyl groups is 1. The summed E-state index contributed by atoms with van der Waals surface area (Å²) in [6.45, 7) is 4.32. The van der Waals surface area contributed by atoms with E-state index in [0.717, 1.165) is 19.5 Å². The number of benzene rings is 1. The van der Waals surface area contributed by atoms with Crippen LogP contribution in [-0.4, -0.2) is 48.7 Å². The molecule has 1 aliphatic rings. The molecule has 1 aromatic rings. The van der Waals surface area contributed by atoms with E-state index in [4.69, 9.17) is 4.74 Å². The predicted octanol–water partition coefficient (Wildman–Crippen LogP) is 1.22. The number of nitrogens with zero attached hydrogens (tertiary/aromatic N) is 1. The fourth-order valence-corrected chi connectivity index (χ4v) is 2.44. The van der Waals surface area contributed by atoms with E-state index >= 15 is 0 Å². The molecular weight excluding hydrogens is 244 g/mol. The molecule has 2 rings (SSSR count). The van der Waals surface area contributed by atoms with Gasteiger partial charge in [-0.1, -0.05) is 0 Å². The summed E-state index contributed by atoms with van der Waals surface area (Å²) in [6, 6.07) is 4.91. The van der Waals surface area contributed by atoms with Gasteiger partial charge in [-0.05, 0) is 38.1 Å². The molecule has 0 bridgehead atoms. The van der Waals surface area contributed by atoms with Crippen molar-refractivity contribution in [3.63, 3.8) is 0 Å². The maximum atomic E-state index is 12.5. The maximum Gasteiger partial charge on any atom is 0.258 e. The number of amides is 1. The van der Waals surface area contributed by atoms with Crippen molar-refractivity contribution in [2.24, 2.45) is 0 Å². The molecule has 0 aromatic heterocycles. The molecule has 1 saturated heterocycles. The number of nitrogens with one attached hydrogen (secondary N) is 1. The highest BCUT2D eigenvalue weighted by Gasteiger charge is 2.27. The van der Waals surface area contributed by atoms with Crippen LogP contribution in [0.5, 0.6) is 11.5 Å². The van der Waals surface area contributed by atoms with Crippen LogP contribution < -0.4 is 10.1 Å². The molecule has 2 N–H and O–H groups in total. The maximum absolute atomic E-state index is 12.5. The Kier molecular flexibility index (Phi) is 4.27. The third-order valence-corrected chi connectivity index (χ3v) is 3.51. The topological polar surface area (TPSA) is 61.8 Å². The Bertz CT molecular complexity index is 456. The van der Waals surface area contributed by atoms with E-state index < -0.39 is 0 Å². The number of hydrogen-bond acceptors (Lipinski definition) is 4. The third kappa shape index (κ3) is 2.81. The van der Waals surface area contributed by atoms with Crippen LogP contribution in [0, 0.1) is 0 Å². The van der Waals surface area contributed by atoms with Crippen molar-refractivity contribution in [1.82, 2.24) is 10.2 Å². The molecule has 1 aliphatic heterocycles. The fourth-order valence-electron chi connectivity index (χ4n) is 2.44. The molecule has 1 amide bonds. The first kappa shape index (κ1) is 13.7. The highest BCUT2D eigenvalue weighted by atomic mass is 16.5. The smallest absolute Gasteiger partial charge is 0.258 e. The van der Waals surface area contributed by atoms with Gasteiger partial charge in [0, 0.05) is 19.1 Å². The van der Waals surface area contributed by atoms with Crippen LogP contribution in [0.2, 0.25) is 0 Å². The normalized spacial score (nSPS) is 18.3. The number of ether oxygens (including phenoxy) is 1. The highest BCUT2D eigenvalue weighted by Crippen LogP contribution is 2.25. The average molecular weight is 264 g/mol. The standard InChI is InChI=1S/C14H20N2O3/c1-3-16(10-6-7-15-9-10)14(18)12-8-11(19-2)4-5-13(12)17/h4-5,8,10,15,17H,3,6-7,9H2,1-2H3. The van der Waals surface area contributed by atoms with Gasteiger partial charge in [-0.3, -0.25) is 4.79 Å². The lowest BCUT2D eigenvalue weighted by Gasteiger charge is -2.27. The number of likely N-dealkylation sites (N-methyl/N-ethyl adjacent to an activating group) is 1. The quantitative estimate of drug-likeness (QED) is 0.858. The molecule has 0 radical (unpaired) electrons. The lowest BCUT2D eigenvalue weighted by molar-refractivity contribution is 0.0700. The summed E-state index contributed by atoms with van der Waals surface area (Å²) in [7, 11) is 1.54.